The molecule has 0 atom stereocenters. The molecule has 2 rings (SSSR count). The van der Waals surface area contributed by atoms with Gasteiger partial charge in [0, 0.05) is 31.4 Å². The van der Waals surface area contributed by atoms with Crippen LogP contribution in [-0.4, -0.2) is 24.2 Å². The molecule has 1 aliphatic rings. The summed E-state index contributed by atoms with van der Waals surface area (Å²) < 4.78 is 5.26. The van der Waals surface area contributed by atoms with E-state index in [2.05, 4.69) is 5.32 Å². The Morgan fingerprint density at radius 1 is 1.41 bits per heavy atom. The monoisotopic (exact) mass is 256 g/mol. The molecule has 1 fully saturated rings. The summed E-state index contributed by atoms with van der Waals surface area (Å²) in [6.45, 7) is 1.48. The molecule has 0 radical (unpaired) electrons. The van der Waals surface area contributed by atoms with Crippen LogP contribution in [0.15, 0.2) is 18.2 Å². The first-order valence-corrected chi connectivity index (χ1v) is 5.83. The van der Waals surface area contributed by atoms with E-state index >= 15 is 0 Å². The number of nitro groups is 1. The third kappa shape index (κ3) is 3.08. The van der Waals surface area contributed by atoms with Gasteiger partial charge in [0.1, 0.15) is 0 Å². The van der Waals surface area contributed by atoms with E-state index in [1.807, 2.05) is 0 Å². The van der Waals surface area contributed by atoms with Gasteiger partial charge in [-0.3, -0.25) is 10.1 Å². The molecule has 1 aromatic rings. The maximum atomic E-state index is 10.6. The van der Waals surface area contributed by atoms with E-state index < -0.39 is 4.92 Å². The number of benzene rings is 1. The quantitative estimate of drug-likeness (QED) is 0.667. The van der Waals surface area contributed by atoms with Gasteiger partial charge >= 0.3 is 0 Å². The first-order chi connectivity index (χ1) is 8.16. The SMILES string of the molecule is O=[N+]([O-])c1ccc(NC2CCOCC2)c(Cl)c1. The smallest absolute Gasteiger partial charge is 0.271 e. The number of anilines is 1. The van der Waals surface area contributed by atoms with Crippen LogP contribution < -0.4 is 5.32 Å². The molecule has 17 heavy (non-hydrogen) atoms. The average molecular weight is 257 g/mol. The lowest BCUT2D eigenvalue weighted by molar-refractivity contribution is -0.384. The Hall–Kier alpha value is -1.33. The van der Waals surface area contributed by atoms with E-state index in [0.717, 1.165) is 31.7 Å². The van der Waals surface area contributed by atoms with Crippen LogP contribution in [0.4, 0.5) is 11.4 Å². The van der Waals surface area contributed by atoms with Gasteiger partial charge in [0.25, 0.3) is 5.69 Å². The van der Waals surface area contributed by atoms with Crippen molar-refractivity contribution < 1.29 is 9.66 Å². The minimum atomic E-state index is -0.454. The number of nitrogens with zero attached hydrogens (tertiary/aromatic N) is 1. The summed E-state index contributed by atoms with van der Waals surface area (Å²) in [5.74, 6) is 0. The van der Waals surface area contributed by atoms with Gasteiger partial charge in [-0.1, -0.05) is 11.6 Å². The highest BCUT2D eigenvalue weighted by molar-refractivity contribution is 6.33. The van der Waals surface area contributed by atoms with E-state index in [1.165, 1.54) is 12.1 Å². The van der Waals surface area contributed by atoms with Crippen LogP contribution >= 0.6 is 11.6 Å². The zero-order valence-electron chi connectivity index (χ0n) is 9.19. The predicted molar refractivity (Wildman–Crippen MR) is 65.6 cm³/mol. The lowest BCUT2D eigenvalue weighted by Gasteiger charge is -2.24. The summed E-state index contributed by atoms with van der Waals surface area (Å²) in [5, 5.41) is 14.2. The normalized spacial score (nSPS) is 16.8. The first-order valence-electron chi connectivity index (χ1n) is 5.45. The summed E-state index contributed by atoms with van der Waals surface area (Å²) >= 11 is 5.99. The summed E-state index contributed by atoms with van der Waals surface area (Å²) in [6, 6.07) is 4.79. The Balaban J connectivity index is 2.08. The molecule has 1 aliphatic heterocycles. The van der Waals surface area contributed by atoms with Crippen LogP contribution in [0.3, 0.4) is 0 Å². The van der Waals surface area contributed by atoms with E-state index in [1.54, 1.807) is 6.07 Å². The number of ether oxygens (including phenoxy) is 1. The van der Waals surface area contributed by atoms with E-state index in [-0.39, 0.29) is 5.69 Å². The highest BCUT2D eigenvalue weighted by Crippen LogP contribution is 2.28. The fraction of sp³-hybridized carbons (Fsp3) is 0.455. The van der Waals surface area contributed by atoms with Crippen LogP contribution in [0, 0.1) is 10.1 Å². The van der Waals surface area contributed by atoms with Crippen molar-refractivity contribution in [3.8, 4) is 0 Å². The van der Waals surface area contributed by atoms with Crippen molar-refractivity contribution in [3.05, 3.63) is 33.3 Å². The van der Waals surface area contributed by atoms with Gasteiger partial charge in [-0.25, -0.2) is 0 Å². The standard InChI is InChI=1S/C11H13ClN2O3/c12-10-7-9(14(15)16)1-2-11(10)13-8-3-5-17-6-4-8/h1-2,7-8,13H,3-6H2. The minimum Gasteiger partial charge on any atom is -0.381 e. The molecule has 0 saturated carbocycles. The lowest BCUT2D eigenvalue weighted by atomic mass is 10.1. The minimum absolute atomic E-state index is 0.00697. The van der Waals surface area contributed by atoms with Crippen LogP contribution in [0.5, 0.6) is 0 Å². The molecule has 5 nitrogen and oxygen atoms in total. The molecule has 0 aliphatic carbocycles. The summed E-state index contributed by atoms with van der Waals surface area (Å²) in [6.07, 6.45) is 1.85. The van der Waals surface area contributed by atoms with E-state index in [0.29, 0.717) is 11.1 Å². The second-order valence-corrected chi connectivity index (χ2v) is 4.36. The molecule has 0 amide bonds. The second-order valence-electron chi connectivity index (χ2n) is 3.95. The molecule has 1 N–H and O–H groups in total. The third-order valence-corrected chi connectivity index (χ3v) is 3.06. The van der Waals surface area contributed by atoms with Crippen LogP contribution in [-0.2, 0) is 4.74 Å². The summed E-state index contributed by atoms with van der Waals surface area (Å²) in [5.41, 5.74) is 0.747. The van der Waals surface area contributed by atoms with Gasteiger partial charge in [0.15, 0.2) is 0 Å². The predicted octanol–water partition coefficient (Wildman–Crippen LogP) is 2.84. The number of rotatable bonds is 3. The van der Waals surface area contributed by atoms with Crippen molar-refractivity contribution in [1.29, 1.82) is 0 Å². The number of halogens is 1. The topological polar surface area (TPSA) is 64.4 Å². The number of hydrogen-bond donors (Lipinski definition) is 1. The molecule has 1 heterocycles. The highest BCUT2D eigenvalue weighted by Gasteiger charge is 2.16. The molecule has 1 aromatic carbocycles. The molecule has 6 heteroatoms. The van der Waals surface area contributed by atoms with Crippen LogP contribution in [0.25, 0.3) is 0 Å². The largest absolute Gasteiger partial charge is 0.381 e. The fourth-order valence-electron chi connectivity index (χ4n) is 1.80. The molecule has 0 bridgehead atoms. The number of non-ortho nitro benzene ring substituents is 1. The van der Waals surface area contributed by atoms with Crippen molar-refractivity contribution in [1.82, 2.24) is 0 Å². The van der Waals surface area contributed by atoms with E-state index in [4.69, 9.17) is 16.3 Å². The lowest BCUT2D eigenvalue weighted by Crippen LogP contribution is -2.27. The molecular weight excluding hydrogens is 244 g/mol. The van der Waals surface area contributed by atoms with E-state index in [9.17, 15) is 10.1 Å². The highest BCUT2D eigenvalue weighted by atomic mass is 35.5. The average Bonchev–Trinajstić information content (AvgIpc) is 2.33. The summed E-state index contributed by atoms with van der Waals surface area (Å²) in [4.78, 5) is 10.1. The summed E-state index contributed by atoms with van der Waals surface area (Å²) in [7, 11) is 0. The Morgan fingerprint density at radius 3 is 2.71 bits per heavy atom. The molecule has 1 saturated heterocycles. The molecule has 0 unspecified atom stereocenters. The van der Waals surface area contributed by atoms with Crippen molar-refractivity contribution in [2.24, 2.45) is 0 Å². The van der Waals surface area contributed by atoms with Crippen molar-refractivity contribution in [2.75, 3.05) is 18.5 Å². The maximum absolute atomic E-state index is 10.6. The third-order valence-electron chi connectivity index (χ3n) is 2.74. The number of nitrogens with one attached hydrogen (secondary N) is 1. The van der Waals surface area contributed by atoms with Crippen LogP contribution in [0.2, 0.25) is 5.02 Å². The van der Waals surface area contributed by atoms with Crippen molar-refractivity contribution >= 4 is 23.0 Å². The Labute approximate surface area is 104 Å². The maximum Gasteiger partial charge on any atom is 0.271 e. The molecular formula is C11H13ClN2O3. The zero-order chi connectivity index (χ0) is 12.3. The molecule has 92 valence electrons. The van der Waals surface area contributed by atoms with Gasteiger partial charge in [-0.05, 0) is 18.9 Å². The van der Waals surface area contributed by atoms with Gasteiger partial charge < -0.3 is 10.1 Å². The van der Waals surface area contributed by atoms with Gasteiger partial charge in [-0.2, -0.15) is 0 Å². The number of hydrogen-bond acceptors (Lipinski definition) is 4. The van der Waals surface area contributed by atoms with Gasteiger partial charge in [0.05, 0.1) is 15.6 Å². The van der Waals surface area contributed by atoms with Gasteiger partial charge in [0.2, 0.25) is 0 Å². The number of nitro benzene ring substituents is 1. The molecule has 0 spiro atoms. The Bertz CT molecular complexity index is 419. The first kappa shape index (κ1) is 12.1. The Kier molecular flexibility index (Phi) is 3.81. The van der Waals surface area contributed by atoms with Crippen molar-refractivity contribution in [3.63, 3.8) is 0 Å². The molecule has 0 aromatic heterocycles. The van der Waals surface area contributed by atoms with Crippen LogP contribution in [0.1, 0.15) is 12.8 Å². The second kappa shape index (κ2) is 5.33. The zero-order valence-corrected chi connectivity index (χ0v) is 9.94. The Morgan fingerprint density at radius 2 is 2.12 bits per heavy atom. The fourth-order valence-corrected chi connectivity index (χ4v) is 2.03. The van der Waals surface area contributed by atoms with Gasteiger partial charge in [-0.15, -0.1) is 0 Å². The van der Waals surface area contributed by atoms with Crippen molar-refractivity contribution in [2.45, 2.75) is 18.9 Å².